The van der Waals surface area contributed by atoms with Gasteiger partial charge in [-0.25, -0.2) is 4.98 Å². The van der Waals surface area contributed by atoms with Gasteiger partial charge in [0.05, 0.1) is 11.4 Å². The Kier molecular flexibility index (Phi) is 6.31. The van der Waals surface area contributed by atoms with Crippen LogP contribution >= 0.6 is 23.4 Å². The van der Waals surface area contributed by atoms with Crippen molar-refractivity contribution in [1.29, 1.82) is 0 Å². The van der Waals surface area contributed by atoms with Gasteiger partial charge in [0.15, 0.2) is 5.16 Å². The van der Waals surface area contributed by atoms with Crippen LogP contribution in [0.2, 0.25) is 5.02 Å². The lowest BCUT2D eigenvalue weighted by Crippen LogP contribution is -2.25. The number of rotatable bonds is 7. The van der Waals surface area contributed by atoms with E-state index in [-0.39, 0.29) is 11.7 Å². The van der Waals surface area contributed by atoms with Crippen LogP contribution in [-0.2, 0) is 11.3 Å². The Bertz CT molecular complexity index is 971. The molecule has 0 aliphatic carbocycles. The summed E-state index contributed by atoms with van der Waals surface area (Å²) in [5, 5.41) is 12.2. The molecule has 29 heavy (non-hydrogen) atoms. The van der Waals surface area contributed by atoms with Crippen LogP contribution in [0.5, 0.6) is 0 Å². The number of pyridine rings is 1. The van der Waals surface area contributed by atoms with Gasteiger partial charge in [-0.15, -0.1) is 10.2 Å². The van der Waals surface area contributed by atoms with E-state index < -0.39 is 0 Å². The zero-order chi connectivity index (χ0) is 20.1. The van der Waals surface area contributed by atoms with E-state index in [9.17, 15) is 4.79 Å². The summed E-state index contributed by atoms with van der Waals surface area (Å²) >= 11 is 7.38. The molecule has 1 aliphatic rings. The number of nitrogens with one attached hydrogen (secondary N) is 1. The topological polar surface area (TPSA) is 75.9 Å². The molecule has 0 spiro atoms. The van der Waals surface area contributed by atoms with Gasteiger partial charge in [-0.3, -0.25) is 9.36 Å². The second kappa shape index (κ2) is 9.28. The van der Waals surface area contributed by atoms with Gasteiger partial charge in [0, 0.05) is 30.9 Å². The van der Waals surface area contributed by atoms with Crippen molar-refractivity contribution in [2.75, 3.05) is 23.7 Å². The molecule has 0 atom stereocenters. The molecule has 1 aliphatic heterocycles. The fourth-order valence-electron chi connectivity index (χ4n) is 3.16. The predicted molar refractivity (Wildman–Crippen MR) is 115 cm³/mol. The van der Waals surface area contributed by atoms with Crippen molar-refractivity contribution in [3.63, 3.8) is 0 Å². The zero-order valence-corrected chi connectivity index (χ0v) is 17.4. The second-order valence-electron chi connectivity index (χ2n) is 6.75. The molecule has 1 N–H and O–H groups in total. The lowest BCUT2D eigenvalue weighted by molar-refractivity contribution is -0.118. The van der Waals surface area contributed by atoms with Gasteiger partial charge < -0.3 is 10.2 Å². The molecule has 150 valence electrons. The molecule has 4 rings (SSSR count). The van der Waals surface area contributed by atoms with E-state index in [1.165, 1.54) is 24.6 Å². The van der Waals surface area contributed by atoms with E-state index in [4.69, 9.17) is 11.6 Å². The maximum Gasteiger partial charge on any atom is 0.230 e. The highest BCUT2D eigenvalue weighted by Crippen LogP contribution is 2.21. The lowest BCUT2D eigenvalue weighted by Gasteiger charge is -2.16. The largest absolute Gasteiger partial charge is 0.357 e. The second-order valence-corrected chi connectivity index (χ2v) is 8.13. The Morgan fingerprint density at radius 1 is 1.21 bits per heavy atom. The first-order valence-corrected chi connectivity index (χ1v) is 10.8. The van der Waals surface area contributed by atoms with E-state index in [2.05, 4.69) is 25.4 Å². The van der Waals surface area contributed by atoms with Crippen molar-refractivity contribution in [1.82, 2.24) is 25.1 Å². The maximum absolute atomic E-state index is 12.3. The van der Waals surface area contributed by atoms with E-state index in [0.717, 1.165) is 30.2 Å². The Morgan fingerprint density at radius 2 is 2.07 bits per heavy atom. The maximum atomic E-state index is 12.3. The number of aromatic nitrogens is 4. The number of amides is 1. The molecular weight excluding hydrogens is 408 g/mol. The first-order chi connectivity index (χ1) is 14.2. The number of benzene rings is 1. The van der Waals surface area contributed by atoms with E-state index in [1.807, 2.05) is 47.2 Å². The van der Waals surface area contributed by atoms with Crippen LogP contribution in [0.15, 0.2) is 54.1 Å². The van der Waals surface area contributed by atoms with Crippen molar-refractivity contribution in [2.24, 2.45) is 0 Å². The number of carbonyl (C=O) groups is 1. The highest BCUT2D eigenvalue weighted by molar-refractivity contribution is 7.99. The van der Waals surface area contributed by atoms with Crippen molar-refractivity contribution >= 4 is 35.1 Å². The monoisotopic (exact) mass is 428 g/mol. The Balaban J connectivity index is 1.28. The van der Waals surface area contributed by atoms with E-state index in [0.29, 0.717) is 16.7 Å². The molecule has 0 bridgehead atoms. The normalized spacial score (nSPS) is 13.6. The molecule has 1 saturated heterocycles. The summed E-state index contributed by atoms with van der Waals surface area (Å²) in [5.41, 5.74) is 1.84. The van der Waals surface area contributed by atoms with E-state index in [1.54, 1.807) is 6.33 Å². The number of hydrogen-bond donors (Lipinski definition) is 1. The average molecular weight is 429 g/mol. The van der Waals surface area contributed by atoms with Crippen LogP contribution in [0.25, 0.3) is 5.69 Å². The molecule has 3 aromatic rings. The van der Waals surface area contributed by atoms with Crippen LogP contribution in [0.4, 0.5) is 5.82 Å². The van der Waals surface area contributed by atoms with Crippen LogP contribution in [0.3, 0.4) is 0 Å². The van der Waals surface area contributed by atoms with Crippen molar-refractivity contribution in [3.8, 4) is 5.69 Å². The van der Waals surface area contributed by atoms with Crippen LogP contribution in [0.1, 0.15) is 18.4 Å². The van der Waals surface area contributed by atoms with Crippen LogP contribution in [-0.4, -0.2) is 44.5 Å². The number of anilines is 1. The minimum Gasteiger partial charge on any atom is -0.357 e. The first kappa shape index (κ1) is 19.7. The van der Waals surface area contributed by atoms with Gasteiger partial charge in [0.1, 0.15) is 12.1 Å². The zero-order valence-electron chi connectivity index (χ0n) is 15.8. The molecule has 2 aromatic heterocycles. The molecule has 1 amide bonds. The minimum absolute atomic E-state index is 0.0701. The van der Waals surface area contributed by atoms with Gasteiger partial charge in [-0.1, -0.05) is 35.5 Å². The quantitative estimate of drug-likeness (QED) is 0.582. The summed E-state index contributed by atoms with van der Waals surface area (Å²) in [5.74, 6) is 1.19. The molecule has 0 unspecified atom stereocenters. The summed E-state index contributed by atoms with van der Waals surface area (Å²) in [6.45, 7) is 2.59. The highest BCUT2D eigenvalue weighted by Gasteiger charge is 2.13. The third-order valence-corrected chi connectivity index (χ3v) is 5.84. The van der Waals surface area contributed by atoms with E-state index >= 15 is 0 Å². The fraction of sp³-hybridized carbons (Fsp3) is 0.300. The molecular formula is C20H21ClN6OS. The Morgan fingerprint density at radius 3 is 2.83 bits per heavy atom. The van der Waals surface area contributed by atoms with Crippen molar-refractivity contribution in [2.45, 2.75) is 24.5 Å². The summed E-state index contributed by atoms with van der Waals surface area (Å²) in [6, 6.07) is 11.5. The molecule has 9 heteroatoms. The first-order valence-electron chi connectivity index (χ1n) is 9.44. The highest BCUT2D eigenvalue weighted by atomic mass is 35.5. The van der Waals surface area contributed by atoms with Gasteiger partial charge in [0.2, 0.25) is 5.91 Å². The fourth-order valence-corrected chi connectivity index (χ4v) is 4.11. The smallest absolute Gasteiger partial charge is 0.230 e. The standard InChI is InChI=1S/C20H21ClN6OS/c21-16-4-3-5-17(10-16)27-14-24-25-20(27)29-13-19(28)23-12-15-6-7-18(22-11-15)26-8-1-2-9-26/h3-7,10-11,14H,1-2,8-9,12-13H2,(H,23,28). The number of hydrogen-bond acceptors (Lipinski definition) is 6. The minimum atomic E-state index is -0.0701. The molecule has 1 fully saturated rings. The SMILES string of the molecule is O=C(CSc1nncn1-c1cccc(Cl)c1)NCc1ccc(N2CCCC2)nc1. The van der Waals surface area contributed by atoms with Gasteiger partial charge in [-0.2, -0.15) is 0 Å². The molecule has 7 nitrogen and oxygen atoms in total. The predicted octanol–water partition coefficient (Wildman–Crippen LogP) is 3.32. The van der Waals surface area contributed by atoms with Crippen molar-refractivity contribution < 1.29 is 4.79 Å². The lowest BCUT2D eigenvalue weighted by atomic mass is 10.2. The summed E-state index contributed by atoms with van der Waals surface area (Å²) < 4.78 is 1.81. The summed E-state index contributed by atoms with van der Waals surface area (Å²) in [7, 11) is 0. The molecule has 3 heterocycles. The van der Waals surface area contributed by atoms with Gasteiger partial charge >= 0.3 is 0 Å². The molecule has 0 radical (unpaired) electrons. The van der Waals surface area contributed by atoms with Crippen LogP contribution < -0.4 is 10.2 Å². The summed E-state index contributed by atoms with van der Waals surface area (Å²) in [6.07, 6.45) is 5.89. The molecule has 0 saturated carbocycles. The third kappa shape index (κ3) is 5.07. The molecule has 1 aromatic carbocycles. The number of halogens is 1. The number of carbonyl (C=O) groups excluding carboxylic acids is 1. The van der Waals surface area contributed by atoms with Gasteiger partial charge in [0.25, 0.3) is 0 Å². The summed E-state index contributed by atoms with van der Waals surface area (Å²) in [4.78, 5) is 19.1. The Labute approximate surface area is 178 Å². The number of nitrogens with zero attached hydrogens (tertiary/aromatic N) is 5. The number of thioether (sulfide) groups is 1. The Hall–Kier alpha value is -2.58. The average Bonchev–Trinajstić information content (AvgIpc) is 3.43. The van der Waals surface area contributed by atoms with Crippen molar-refractivity contribution in [3.05, 3.63) is 59.5 Å². The van der Waals surface area contributed by atoms with Gasteiger partial charge in [-0.05, 0) is 42.7 Å². The third-order valence-electron chi connectivity index (χ3n) is 4.66. The van der Waals surface area contributed by atoms with Crippen LogP contribution in [0, 0.1) is 0 Å².